The van der Waals surface area contributed by atoms with Crippen LogP contribution < -0.4 is 5.73 Å². The van der Waals surface area contributed by atoms with Crippen molar-refractivity contribution < 1.29 is 4.79 Å². The third-order valence-electron chi connectivity index (χ3n) is 3.78. The molecular formula is C16H13N3OS. The van der Waals surface area contributed by atoms with E-state index in [2.05, 4.69) is 17.1 Å². The van der Waals surface area contributed by atoms with E-state index in [-0.39, 0.29) is 5.91 Å². The van der Waals surface area contributed by atoms with Crippen LogP contribution in [-0.4, -0.2) is 15.8 Å². The Morgan fingerprint density at radius 1 is 1.14 bits per heavy atom. The van der Waals surface area contributed by atoms with Crippen LogP contribution in [-0.2, 0) is 13.1 Å². The van der Waals surface area contributed by atoms with Gasteiger partial charge in [-0.05, 0) is 29.3 Å². The van der Waals surface area contributed by atoms with Gasteiger partial charge in [0.05, 0.1) is 10.2 Å². The zero-order valence-corrected chi connectivity index (χ0v) is 12.1. The molecule has 0 spiro atoms. The number of hydrogen-bond donors (Lipinski definition) is 1. The number of nitrogens with zero attached hydrogens (tertiary/aromatic N) is 2. The Morgan fingerprint density at radius 3 is 2.57 bits per heavy atom. The predicted octanol–water partition coefficient (Wildman–Crippen LogP) is 3.03. The van der Waals surface area contributed by atoms with Gasteiger partial charge in [0.25, 0.3) is 5.91 Å². The molecule has 5 heteroatoms. The number of thiazole rings is 1. The summed E-state index contributed by atoms with van der Waals surface area (Å²) in [7, 11) is 0. The molecule has 1 amide bonds. The maximum atomic E-state index is 12.6. The second kappa shape index (κ2) is 4.56. The first-order valence-electron chi connectivity index (χ1n) is 6.73. The molecule has 0 unspecified atom stereocenters. The van der Waals surface area contributed by atoms with E-state index < -0.39 is 0 Å². The van der Waals surface area contributed by atoms with Gasteiger partial charge in [-0.25, -0.2) is 4.98 Å². The molecule has 0 radical (unpaired) electrons. The summed E-state index contributed by atoms with van der Waals surface area (Å²) in [6.07, 6.45) is 0. The zero-order chi connectivity index (χ0) is 14.4. The van der Waals surface area contributed by atoms with Gasteiger partial charge >= 0.3 is 0 Å². The van der Waals surface area contributed by atoms with Crippen LogP contribution >= 0.6 is 11.3 Å². The molecule has 0 saturated heterocycles. The molecule has 0 aliphatic carbocycles. The fraction of sp³-hybridized carbons (Fsp3) is 0.125. The Bertz CT molecular complexity index is 831. The predicted molar refractivity (Wildman–Crippen MR) is 84.1 cm³/mol. The number of nitrogens with two attached hydrogens (primary N) is 1. The summed E-state index contributed by atoms with van der Waals surface area (Å²) in [5.41, 5.74) is 9.71. The van der Waals surface area contributed by atoms with Crippen molar-refractivity contribution in [1.29, 1.82) is 0 Å². The van der Waals surface area contributed by atoms with Gasteiger partial charge in [0, 0.05) is 18.7 Å². The molecule has 4 nitrogen and oxygen atoms in total. The van der Waals surface area contributed by atoms with Crippen LogP contribution in [0.5, 0.6) is 0 Å². The molecule has 2 heterocycles. The summed E-state index contributed by atoms with van der Waals surface area (Å²) in [6.45, 7) is 1.36. The lowest BCUT2D eigenvalue weighted by molar-refractivity contribution is 0.0751. The quantitative estimate of drug-likeness (QED) is 0.750. The molecule has 1 aliphatic heterocycles. The summed E-state index contributed by atoms with van der Waals surface area (Å²) in [6, 6.07) is 13.8. The first-order chi connectivity index (χ1) is 10.2. The van der Waals surface area contributed by atoms with Crippen LogP contribution in [0, 0.1) is 0 Å². The van der Waals surface area contributed by atoms with E-state index in [1.165, 1.54) is 22.5 Å². The minimum atomic E-state index is 0.0556. The van der Waals surface area contributed by atoms with Crippen LogP contribution in [0.25, 0.3) is 10.2 Å². The van der Waals surface area contributed by atoms with E-state index in [0.29, 0.717) is 23.8 Å². The van der Waals surface area contributed by atoms with Crippen LogP contribution in [0.15, 0.2) is 42.5 Å². The fourth-order valence-corrected chi connectivity index (χ4v) is 3.51. The highest BCUT2D eigenvalue weighted by molar-refractivity contribution is 7.22. The number of carbonyl (C=O) groups is 1. The van der Waals surface area contributed by atoms with Crippen LogP contribution in [0.3, 0.4) is 0 Å². The van der Waals surface area contributed by atoms with Crippen molar-refractivity contribution in [2.45, 2.75) is 13.1 Å². The van der Waals surface area contributed by atoms with Gasteiger partial charge in [0.15, 0.2) is 5.13 Å². The molecule has 0 saturated carbocycles. The summed E-state index contributed by atoms with van der Waals surface area (Å²) in [5.74, 6) is 0.0556. The number of fused-ring (bicyclic) bond motifs is 2. The smallest absolute Gasteiger partial charge is 0.254 e. The van der Waals surface area contributed by atoms with Crippen molar-refractivity contribution in [2.24, 2.45) is 0 Å². The molecule has 1 aromatic heterocycles. The second-order valence-corrected chi connectivity index (χ2v) is 6.23. The molecule has 0 atom stereocenters. The number of amides is 1. The average molecular weight is 295 g/mol. The lowest BCUT2D eigenvalue weighted by Crippen LogP contribution is -2.25. The normalized spacial score (nSPS) is 13.6. The van der Waals surface area contributed by atoms with E-state index in [1.54, 1.807) is 0 Å². The maximum absolute atomic E-state index is 12.6. The Balaban J connectivity index is 1.65. The number of hydrogen-bond acceptors (Lipinski definition) is 4. The molecule has 0 bridgehead atoms. The van der Waals surface area contributed by atoms with Gasteiger partial charge < -0.3 is 10.6 Å². The van der Waals surface area contributed by atoms with E-state index in [4.69, 9.17) is 5.73 Å². The molecule has 104 valence electrons. The topological polar surface area (TPSA) is 59.2 Å². The Kier molecular flexibility index (Phi) is 2.68. The fourth-order valence-electron chi connectivity index (χ4n) is 2.73. The zero-order valence-electron chi connectivity index (χ0n) is 11.2. The van der Waals surface area contributed by atoms with E-state index >= 15 is 0 Å². The Morgan fingerprint density at radius 2 is 1.86 bits per heavy atom. The van der Waals surface area contributed by atoms with E-state index in [0.717, 1.165) is 10.2 Å². The number of benzene rings is 2. The summed E-state index contributed by atoms with van der Waals surface area (Å²) in [5, 5.41) is 0.531. The second-order valence-electron chi connectivity index (χ2n) is 5.16. The van der Waals surface area contributed by atoms with Crippen molar-refractivity contribution in [2.75, 3.05) is 5.73 Å². The number of carbonyl (C=O) groups excluding carboxylic acids is 1. The highest BCUT2D eigenvalue weighted by Gasteiger charge is 2.24. The highest BCUT2D eigenvalue weighted by atomic mass is 32.1. The molecule has 2 N–H and O–H groups in total. The van der Waals surface area contributed by atoms with Gasteiger partial charge in [-0.15, -0.1) is 0 Å². The van der Waals surface area contributed by atoms with Crippen LogP contribution in [0.2, 0.25) is 0 Å². The lowest BCUT2D eigenvalue weighted by atomic mass is 10.1. The Labute approximate surface area is 125 Å². The summed E-state index contributed by atoms with van der Waals surface area (Å²) >= 11 is 1.41. The first-order valence-corrected chi connectivity index (χ1v) is 7.54. The van der Waals surface area contributed by atoms with Gasteiger partial charge in [-0.3, -0.25) is 4.79 Å². The first kappa shape index (κ1) is 12.3. The molecule has 1 aliphatic rings. The van der Waals surface area contributed by atoms with Crippen molar-refractivity contribution in [3.8, 4) is 0 Å². The standard InChI is InChI=1S/C16H13N3OS/c17-16-18-13-6-5-10(7-14(13)21-16)15(20)19-8-11-3-1-2-4-12(11)9-19/h1-7H,8-9H2,(H2,17,18). The third-order valence-corrected chi connectivity index (χ3v) is 4.63. The van der Waals surface area contributed by atoms with E-state index in [9.17, 15) is 4.79 Å². The van der Waals surface area contributed by atoms with Crippen LogP contribution in [0.1, 0.15) is 21.5 Å². The monoisotopic (exact) mass is 295 g/mol. The lowest BCUT2D eigenvalue weighted by Gasteiger charge is -2.15. The third kappa shape index (κ3) is 2.06. The number of nitrogen functional groups attached to an aromatic ring is 1. The van der Waals surface area contributed by atoms with Crippen LogP contribution in [0.4, 0.5) is 5.13 Å². The van der Waals surface area contributed by atoms with Crippen molar-refractivity contribution in [3.63, 3.8) is 0 Å². The minimum absolute atomic E-state index is 0.0556. The van der Waals surface area contributed by atoms with Gasteiger partial charge in [-0.2, -0.15) is 0 Å². The minimum Gasteiger partial charge on any atom is -0.375 e. The summed E-state index contributed by atoms with van der Waals surface area (Å²) in [4.78, 5) is 18.7. The molecular weight excluding hydrogens is 282 g/mol. The van der Waals surface area contributed by atoms with Gasteiger partial charge in [-0.1, -0.05) is 35.6 Å². The molecule has 0 fully saturated rings. The SMILES string of the molecule is Nc1nc2ccc(C(=O)N3Cc4ccccc4C3)cc2s1. The number of aromatic nitrogens is 1. The molecule has 21 heavy (non-hydrogen) atoms. The average Bonchev–Trinajstić information content (AvgIpc) is 3.07. The molecule has 3 aromatic rings. The van der Waals surface area contributed by atoms with Crippen molar-refractivity contribution in [1.82, 2.24) is 9.88 Å². The maximum Gasteiger partial charge on any atom is 0.254 e. The Hall–Kier alpha value is -2.40. The van der Waals surface area contributed by atoms with Gasteiger partial charge in [0.1, 0.15) is 0 Å². The number of anilines is 1. The highest BCUT2D eigenvalue weighted by Crippen LogP contribution is 2.27. The molecule has 2 aromatic carbocycles. The molecule has 4 rings (SSSR count). The van der Waals surface area contributed by atoms with Gasteiger partial charge in [0.2, 0.25) is 0 Å². The number of rotatable bonds is 1. The van der Waals surface area contributed by atoms with E-state index in [1.807, 2.05) is 35.2 Å². The van der Waals surface area contributed by atoms with Crippen molar-refractivity contribution >= 4 is 32.6 Å². The largest absolute Gasteiger partial charge is 0.375 e. The summed E-state index contributed by atoms with van der Waals surface area (Å²) < 4.78 is 0.954. The van der Waals surface area contributed by atoms with Crippen molar-refractivity contribution in [3.05, 3.63) is 59.2 Å².